The van der Waals surface area contributed by atoms with Crippen LogP contribution in [0.2, 0.25) is 0 Å². The number of aromatic nitrogens is 1. The molecule has 0 aliphatic rings. The minimum atomic E-state index is -4.42. The van der Waals surface area contributed by atoms with Crippen LogP contribution in [-0.4, -0.2) is 30.8 Å². The molecule has 2 N–H and O–H groups in total. The molecule has 0 bridgehead atoms. The zero-order chi connectivity index (χ0) is 19.9. The Morgan fingerprint density at radius 2 is 1.78 bits per heavy atom. The van der Waals surface area contributed by atoms with Gasteiger partial charge in [-0.3, -0.25) is 4.99 Å². The number of hydrogen-bond donors (Lipinski definition) is 2. The first-order chi connectivity index (χ1) is 12.8. The van der Waals surface area contributed by atoms with Crippen molar-refractivity contribution in [3.05, 3.63) is 59.0 Å². The van der Waals surface area contributed by atoms with E-state index in [2.05, 4.69) is 25.3 Å². The van der Waals surface area contributed by atoms with E-state index in [1.807, 2.05) is 0 Å². The quantitative estimate of drug-likeness (QED) is 0.456. The molecule has 2 rings (SSSR count). The average Bonchev–Trinajstić information content (AvgIpc) is 2.63. The fourth-order valence-electron chi connectivity index (χ4n) is 2.20. The Labute approximate surface area is 154 Å². The largest absolute Gasteiger partial charge is 0.468 e. The molecule has 0 saturated heterocycles. The number of benzene rings is 1. The van der Waals surface area contributed by atoms with Gasteiger partial charge in [-0.1, -0.05) is 12.1 Å². The molecule has 0 amide bonds. The molecule has 0 radical (unpaired) electrons. The van der Waals surface area contributed by atoms with Gasteiger partial charge in [0.15, 0.2) is 12.6 Å². The van der Waals surface area contributed by atoms with Crippen molar-refractivity contribution in [3.8, 4) is 5.88 Å². The van der Waals surface area contributed by atoms with E-state index in [4.69, 9.17) is 0 Å². The van der Waals surface area contributed by atoms with E-state index in [1.54, 1.807) is 32.2 Å². The monoisotopic (exact) mass is 384 g/mol. The number of ether oxygens (including phenoxy) is 1. The molecule has 0 aliphatic heterocycles. The summed E-state index contributed by atoms with van der Waals surface area (Å²) >= 11 is 0. The Hall–Kier alpha value is -2.84. The van der Waals surface area contributed by atoms with Gasteiger partial charge in [0.1, 0.15) is 5.82 Å². The molecular formula is C18H20F4N4O. The maximum atomic E-state index is 13.3. The van der Waals surface area contributed by atoms with Gasteiger partial charge in [0.25, 0.3) is 0 Å². The first-order valence-corrected chi connectivity index (χ1v) is 8.11. The molecule has 0 saturated carbocycles. The van der Waals surface area contributed by atoms with Crippen LogP contribution in [0.15, 0.2) is 41.5 Å². The standard InChI is InChI=1S/C18H20F4N4O/c1-12-7-13(3-4-15(12)19)9-25-17(23-2)26-10-14-5-6-24-16(8-14)27-11-18(20,21)22/h3-8H,9-11H2,1-2H3,(H2,23,25,26). The third-order valence-corrected chi connectivity index (χ3v) is 3.55. The zero-order valence-corrected chi connectivity index (χ0v) is 14.9. The topological polar surface area (TPSA) is 58.5 Å². The molecule has 27 heavy (non-hydrogen) atoms. The van der Waals surface area contributed by atoms with Gasteiger partial charge in [0.05, 0.1) is 0 Å². The third-order valence-electron chi connectivity index (χ3n) is 3.55. The van der Waals surface area contributed by atoms with E-state index in [1.165, 1.54) is 18.3 Å². The molecule has 2 aromatic rings. The predicted octanol–water partition coefficient (Wildman–Crippen LogP) is 3.34. The van der Waals surface area contributed by atoms with E-state index in [-0.39, 0.29) is 11.7 Å². The van der Waals surface area contributed by atoms with Gasteiger partial charge < -0.3 is 15.4 Å². The van der Waals surface area contributed by atoms with Crippen LogP contribution in [0.4, 0.5) is 17.6 Å². The van der Waals surface area contributed by atoms with E-state index < -0.39 is 12.8 Å². The molecule has 1 heterocycles. The molecule has 0 atom stereocenters. The summed E-state index contributed by atoms with van der Waals surface area (Å²) in [6.07, 6.45) is -3.04. The number of nitrogens with zero attached hydrogens (tertiary/aromatic N) is 2. The van der Waals surface area contributed by atoms with Crippen LogP contribution in [0.3, 0.4) is 0 Å². The van der Waals surface area contributed by atoms with Gasteiger partial charge in [-0.25, -0.2) is 9.37 Å². The number of aryl methyl sites for hydroxylation is 1. The lowest BCUT2D eigenvalue weighted by molar-refractivity contribution is -0.154. The van der Waals surface area contributed by atoms with Gasteiger partial charge in [-0.05, 0) is 35.7 Å². The summed E-state index contributed by atoms with van der Waals surface area (Å²) in [5.74, 6) is 0.130. The Morgan fingerprint density at radius 1 is 1.11 bits per heavy atom. The number of alkyl halides is 3. The van der Waals surface area contributed by atoms with Crippen molar-refractivity contribution in [2.24, 2.45) is 4.99 Å². The highest BCUT2D eigenvalue weighted by Crippen LogP contribution is 2.17. The summed E-state index contributed by atoms with van der Waals surface area (Å²) in [4.78, 5) is 7.83. The molecule has 5 nitrogen and oxygen atoms in total. The second kappa shape index (κ2) is 9.20. The SMILES string of the molecule is CN=C(NCc1ccnc(OCC(F)(F)F)c1)NCc1ccc(F)c(C)c1. The lowest BCUT2D eigenvalue weighted by Crippen LogP contribution is -2.36. The highest BCUT2D eigenvalue weighted by atomic mass is 19.4. The smallest absolute Gasteiger partial charge is 0.422 e. The number of halogens is 4. The van der Waals surface area contributed by atoms with Gasteiger partial charge in [-0.2, -0.15) is 13.2 Å². The van der Waals surface area contributed by atoms with E-state index in [0.29, 0.717) is 30.2 Å². The summed E-state index contributed by atoms with van der Waals surface area (Å²) in [6.45, 7) is 1.05. The number of aliphatic imine (C=N–C) groups is 1. The summed E-state index contributed by atoms with van der Waals surface area (Å²) < 4.78 is 54.5. The van der Waals surface area contributed by atoms with Crippen molar-refractivity contribution in [2.45, 2.75) is 26.2 Å². The lowest BCUT2D eigenvalue weighted by atomic mass is 10.1. The predicted molar refractivity (Wildman–Crippen MR) is 94.0 cm³/mol. The van der Waals surface area contributed by atoms with Crippen molar-refractivity contribution >= 4 is 5.96 Å². The van der Waals surface area contributed by atoms with Gasteiger partial charge in [0, 0.05) is 32.4 Å². The summed E-state index contributed by atoms with van der Waals surface area (Å²) in [5.41, 5.74) is 2.13. The molecule has 9 heteroatoms. The fourth-order valence-corrected chi connectivity index (χ4v) is 2.20. The third kappa shape index (κ3) is 7.12. The van der Waals surface area contributed by atoms with Crippen LogP contribution in [0.5, 0.6) is 5.88 Å². The molecule has 146 valence electrons. The van der Waals surface area contributed by atoms with Crippen LogP contribution >= 0.6 is 0 Å². The van der Waals surface area contributed by atoms with Crippen molar-refractivity contribution in [1.82, 2.24) is 15.6 Å². The maximum Gasteiger partial charge on any atom is 0.422 e. The van der Waals surface area contributed by atoms with E-state index in [9.17, 15) is 17.6 Å². The van der Waals surface area contributed by atoms with Crippen LogP contribution in [0.1, 0.15) is 16.7 Å². The fraction of sp³-hybridized carbons (Fsp3) is 0.333. The van der Waals surface area contributed by atoms with Gasteiger partial charge >= 0.3 is 6.18 Å². The van der Waals surface area contributed by atoms with Crippen LogP contribution < -0.4 is 15.4 Å². The van der Waals surface area contributed by atoms with Crippen LogP contribution in [-0.2, 0) is 13.1 Å². The van der Waals surface area contributed by atoms with E-state index in [0.717, 1.165) is 5.56 Å². The molecular weight excluding hydrogens is 364 g/mol. The van der Waals surface area contributed by atoms with Gasteiger partial charge in [-0.15, -0.1) is 0 Å². The average molecular weight is 384 g/mol. The van der Waals surface area contributed by atoms with Crippen molar-refractivity contribution in [2.75, 3.05) is 13.7 Å². The second-order valence-corrected chi connectivity index (χ2v) is 5.77. The normalized spacial score (nSPS) is 12.0. The Morgan fingerprint density at radius 3 is 2.37 bits per heavy atom. The van der Waals surface area contributed by atoms with Crippen molar-refractivity contribution < 1.29 is 22.3 Å². The Bertz CT molecular complexity index is 793. The number of hydrogen-bond acceptors (Lipinski definition) is 3. The van der Waals surface area contributed by atoms with Crippen LogP contribution in [0.25, 0.3) is 0 Å². The summed E-state index contributed by atoms with van der Waals surface area (Å²) in [7, 11) is 1.59. The van der Waals surface area contributed by atoms with Crippen molar-refractivity contribution in [3.63, 3.8) is 0 Å². The summed E-state index contributed by atoms with van der Waals surface area (Å²) in [5, 5.41) is 6.12. The molecule has 1 aromatic heterocycles. The summed E-state index contributed by atoms with van der Waals surface area (Å²) in [6, 6.07) is 7.90. The van der Waals surface area contributed by atoms with Gasteiger partial charge in [0.2, 0.25) is 5.88 Å². The molecule has 0 aliphatic carbocycles. The van der Waals surface area contributed by atoms with Crippen LogP contribution in [0, 0.1) is 12.7 Å². The number of rotatable bonds is 6. The highest BCUT2D eigenvalue weighted by molar-refractivity contribution is 5.79. The van der Waals surface area contributed by atoms with E-state index >= 15 is 0 Å². The Kier molecular flexibility index (Phi) is 6.98. The first kappa shape index (κ1) is 20.5. The number of guanidine groups is 1. The molecule has 0 spiro atoms. The second-order valence-electron chi connectivity index (χ2n) is 5.77. The molecule has 0 unspecified atom stereocenters. The number of nitrogens with one attached hydrogen (secondary N) is 2. The minimum absolute atomic E-state index is 0.101. The zero-order valence-electron chi connectivity index (χ0n) is 14.9. The number of pyridine rings is 1. The molecule has 0 fully saturated rings. The molecule has 1 aromatic carbocycles. The highest BCUT2D eigenvalue weighted by Gasteiger charge is 2.28. The minimum Gasteiger partial charge on any atom is -0.468 e. The van der Waals surface area contributed by atoms with Crippen molar-refractivity contribution in [1.29, 1.82) is 0 Å². The lowest BCUT2D eigenvalue weighted by Gasteiger charge is -2.13. The maximum absolute atomic E-state index is 13.3. The Balaban J connectivity index is 1.87. The first-order valence-electron chi connectivity index (χ1n) is 8.11.